The highest BCUT2D eigenvalue weighted by atomic mass is 16.5. The van der Waals surface area contributed by atoms with Gasteiger partial charge in [-0.1, -0.05) is 0 Å². The predicted molar refractivity (Wildman–Crippen MR) is 59.1 cm³/mol. The Kier molecular flexibility index (Phi) is 2.72. The van der Waals surface area contributed by atoms with Crippen molar-refractivity contribution in [1.82, 2.24) is 19.7 Å². The van der Waals surface area contributed by atoms with Gasteiger partial charge in [0.05, 0.1) is 12.4 Å². The minimum Gasteiger partial charge on any atom is -0.436 e. The monoisotopic (exact) mass is 219 g/mol. The Hall–Kier alpha value is -2.11. The van der Waals surface area contributed by atoms with Crippen LogP contribution in [-0.2, 0) is 0 Å². The third kappa shape index (κ3) is 2.28. The van der Waals surface area contributed by atoms with Crippen molar-refractivity contribution in [1.29, 1.82) is 0 Å². The van der Waals surface area contributed by atoms with Crippen molar-refractivity contribution in [2.75, 3.05) is 5.73 Å². The minimum atomic E-state index is 0.189. The zero-order valence-corrected chi connectivity index (χ0v) is 9.16. The molecule has 0 bridgehead atoms. The van der Waals surface area contributed by atoms with E-state index in [9.17, 15) is 0 Å². The van der Waals surface area contributed by atoms with Crippen molar-refractivity contribution in [2.24, 2.45) is 0 Å². The van der Waals surface area contributed by atoms with E-state index in [4.69, 9.17) is 10.5 Å². The van der Waals surface area contributed by atoms with Crippen LogP contribution in [0.5, 0.6) is 11.6 Å². The summed E-state index contributed by atoms with van der Waals surface area (Å²) < 4.78 is 7.28. The summed E-state index contributed by atoms with van der Waals surface area (Å²) in [5.41, 5.74) is 5.44. The smallest absolute Gasteiger partial charge is 0.224 e. The average molecular weight is 219 g/mol. The summed E-state index contributed by atoms with van der Waals surface area (Å²) in [6.07, 6.45) is 4.99. The fourth-order valence-electron chi connectivity index (χ4n) is 1.19. The number of anilines is 1. The molecule has 0 spiro atoms. The quantitative estimate of drug-likeness (QED) is 0.848. The summed E-state index contributed by atoms with van der Waals surface area (Å²) in [7, 11) is 0. The molecule has 6 nitrogen and oxygen atoms in total. The van der Waals surface area contributed by atoms with Crippen LogP contribution in [0.4, 0.5) is 5.95 Å². The van der Waals surface area contributed by atoms with Gasteiger partial charge in [0.1, 0.15) is 0 Å². The lowest BCUT2D eigenvalue weighted by molar-refractivity contribution is 0.458. The van der Waals surface area contributed by atoms with Gasteiger partial charge in [-0.05, 0) is 13.8 Å². The van der Waals surface area contributed by atoms with E-state index in [0.717, 1.165) is 0 Å². The van der Waals surface area contributed by atoms with Gasteiger partial charge in [0.25, 0.3) is 0 Å². The van der Waals surface area contributed by atoms with Crippen molar-refractivity contribution in [3.63, 3.8) is 0 Å². The average Bonchev–Trinajstić information content (AvgIpc) is 2.66. The Morgan fingerprint density at radius 3 is 2.88 bits per heavy atom. The second-order valence-corrected chi connectivity index (χ2v) is 3.60. The number of nitrogens with zero attached hydrogens (tertiary/aromatic N) is 4. The molecule has 0 unspecified atom stereocenters. The second kappa shape index (κ2) is 4.18. The Morgan fingerprint density at radius 2 is 2.25 bits per heavy atom. The Labute approximate surface area is 93.1 Å². The van der Waals surface area contributed by atoms with Gasteiger partial charge < -0.3 is 10.5 Å². The standard InChI is InChI=1S/C10H13N5O/c1-7(2)15-6-8(5-13-15)16-9-3-4-12-10(11)14-9/h3-7H,1-2H3,(H2,11,12,14). The number of nitrogens with two attached hydrogens (primary N) is 1. The molecule has 0 radical (unpaired) electrons. The number of hydrogen-bond acceptors (Lipinski definition) is 5. The Bertz CT molecular complexity index is 480. The first-order chi connectivity index (χ1) is 7.65. The fraction of sp³-hybridized carbons (Fsp3) is 0.300. The molecular formula is C10H13N5O. The Balaban J connectivity index is 2.14. The van der Waals surface area contributed by atoms with Gasteiger partial charge in [-0.2, -0.15) is 10.1 Å². The molecule has 0 aliphatic carbocycles. The molecule has 0 aliphatic heterocycles. The summed E-state index contributed by atoms with van der Waals surface area (Å²) in [5.74, 6) is 1.23. The number of hydrogen-bond donors (Lipinski definition) is 1. The van der Waals surface area contributed by atoms with Crippen molar-refractivity contribution >= 4 is 5.95 Å². The zero-order chi connectivity index (χ0) is 11.5. The first-order valence-electron chi connectivity index (χ1n) is 4.95. The molecule has 0 aromatic carbocycles. The highest BCUT2D eigenvalue weighted by Crippen LogP contribution is 2.19. The SMILES string of the molecule is CC(C)n1cc(Oc2ccnc(N)n2)cn1. The lowest BCUT2D eigenvalue weighted by atomic mass is 10.4. The number of rotatable bonds is 3. The maximum absolute atomic E-state index is 5.48. The number of nitrogen functional groups attached to an aromatic ring is 1. The Morgan fingerprint density at radius 1 is 1.44 bits per heavy atom. The van der Waals surface area contributed by atoms with E-state index in [2.05, 4.69) is 15.1 Å². The second-order valence-electron chi connectivity index (χ2n) is 3.60. The third-order valence-corrected chi connectivity index (χ3v) is 1.98. The fourth-order valence-corrected chi connectivity index (χ4v) is 1.19. The number of aromatic nitrogens is 4. The topological polar surface area (TPSA) is 78.9 Å². The van der Waals surface area contributed by atoms with Crippen molar-refractivity contribution in [2.45, 2.75) is 19.9 Å². The first kappa shape index (κ1) is 10.4. The molecule has 2 aromatic heterocycles. The largest absolute Gasteiger partial charge is 0.436 e. The highest BCUT2D eigenvalue weighted by molar-refractivity contribution is 5.25. The highest BCUT2D eigenvalue weighted by Gasteiger charge is 2.04. The zero-order valence-electron chi connectivity index (χ0n) is 9.16. The predicted octanol–water partition coefficient (Wildman–Crippen LogP) is 1.63. The lowest BCUT2D eigenvalue weighted by Crippen LogP contribution is -1.99. The molecule has 6 heteroatoms. The van der Waals surface area contributed by atoms with Gasteiger partial charge in [0.2, 0.25) is 11.8 Å². The van der Waals surface area contributed by atoms with Crippen LogP contribution < -0.4 is 10.5 Å². The summed E-state index contributed by atoms with van der Waals surface area (Å²) in [6, 6.07) is 1.94. The van der Waals surface area contributed by atoms with Gasteiger partial charge in [-0.25, -0.2) is 4.98 Å². The van der Waals surface area contributed by atoms with E-state index in [0.29, 0.717) is 17.7 Å². The van der Waals surface area contributed by atoms with Crippen LogP contribution in [0.3, 0.4) is 0 Å². The molecule has 16 heavy (non-hydrogen) atoms. The normalized spacial score (nSPS) is 10.7. The molecule has 0 aliphatic rings. The summed E-state index contributed by atoms with van der Waals surface area (Å²) in [5, 5.41) is 4.15. The van der Waals surface area contributed by atoms with Crippen LogP contribution in [0.15, 0.2) is 24.7 Å². The van der Waals surface area contributed by atoms with Crippen LogP contribution in [0.1, 0.15) is 19.9 Å². The van der Waals surface area contributed by atoms with Gasteiger partial charge in [-0.3, -0.25) is 4.68 Å². The molecule has 0 amide bonds. The molecule has 2 aromatic rings. The van der Waals surface area contributed by atoms with Gasteiger partial charge in [0.15, 0.2) is 5.75 Å². The van der Waals surface area contributed by atoms with Crippen molar-refractivity contribution in [3.8, 4) is 11.6 Å². The van der Waals surface area contributed by atoms with Crippen LogP contribution in [0, 0.1) is 0 Å². The van der Waals surface area contributed by atoms with E-state index in [-0.39, 0.29) is 5.95 Å². The molecule has 0 atom stereocenters. The maximum Gasteiger partial charge on any atom is 0.224 e. The van der Waals surface area contributed by atoms with Gasteiger partial charge in [0, 0.05) is 18.3 Å². The molecule has 0 fully saturated rings. The maximum atomic E-state index is 5.48. The summed E-state index contributed by atoms with van der Waals surface area (Å²) in [4.78, 5) is 7.71. The molecular weight excluding hydrogens is 206 g/mol. The molecule has 0 saturated heterocycles. The van der Waals surface area contributed by atoms with Gasteiger partial charge in [-0.15, -0.1) is 0 Å². The van der Waals surface area contributed by atoms with E-state index in [1.165, 1.54) is 0 Å². The van der Waals surface area contributed by atoms with E-state index < -0.39 is 0 Å². The van der Waals surface area contributed by atoms with E-state index in [1.54, 1.807) is 23.1 Å². The van der Waals surface area contributed by atoms with Crippen molar-refractivity contribution < 1.29 is 4.74 Å². The third-order valence-electron chi connectivity index (χ3n) is 1.98. The molecule has 2 heterocycles. The van der Waals surface area contributed by atoms with Crippen LogP contribution in [0.2, 0.25) is 0 Å². The van der Waals surface area contributed by atoms with Crippen LogP contribution in [0.25, 0.3) is 0 Å². The molecule has 84 valence electrons. The molecule has 0 saturated carbocycles. The van der Waals surface area contributed by atoms with E-state index >= 15 is 0 Å². The first-order valence-corrected chi connectivity index (χ1v) is 4.95. The van der Waals surface area contributed by atoms with Crippen LogP contribution in [-0.4, -0.2) is 19.7 Å². The molecule has 2 N–H and O–H groups in total. The lowest BCUT2D eigenvalue weighted by Gasteiger charge is -2.03. The summed E-state index contributed by atoms with van der Waals surface area (Å²) >= 11 is 0. The molecule has 2 rings (SSSR count). The van der Waals surface area contributed by atoms with Crippen LogP contribution >= 0.6 is 0 Å². The number of ether oxygens (including phenoxy) is 1. The van der Waals surface area contributed by atoms with E-state index in [1.807, 2.05) is 20.0 Å². The summed E-state index contributed by atoms with van der Waals surface area (Å²) in [6.45, 7) is 4.08. The minimum absolute atomic E-state index is 0.189. The van der Waals surface area contributed by atoms with Crippen molar-refractivity contribution in [3.05, 3.63) is 24.7 Å². The van der Waals surface area contributed by atoms with Gasteiger partial charge >= 0.3 is 0 Å².